The molecule has 5 heteroatoms. The Morgan fingerprint density at radius 1 is 1.23 bits per heavy atom. The van der Waals surface area contributed by atoms with Crippen molar-refractivity contribution in [2.45, 2.75) is 33.1 Å². The fraction of sp³-hybridized carbons (Fsp3) is 0.333. The second-order valence-corrected chi connectivity index (χ2v) is 7.50. The van der Waals surface area contributed by atoms with Gasteiger partial charge in [-0.15, -0.1) is 0 Å². The maximum atomic E-state index is 12.8. The van der Waals surface area contributed by atoms with E-state index in [0.717, 1.165) is 22.5 Å². The van der Waals surface area contributed by atoms with Crippen LogP contribution in [0.2, 0.25) is 5.02 Å². The van der Waals surface area contributed by atoms with Crippen molar-refractivity contribution < 1.29 is 9.59 Å². The Labute approximate surface area is 159 Å². The van der Waals surface area contributed by atoms with E-state index in [9.17, 15) is 9.59 Å². The van der Waals surface area contributed by atoms with Crippen molar-refractivity contribution in [1.29, 1.82) is 0 Å². The van der Waals surface area contributed by atoms with Gasteiger partial charge < -0.3 is 10.2 Å². The molecule has 1 fully saturated rings. The first-order valence-electron chi connectivity index (χ1n) is 8.83. The number of nitrogens with one attached hydrogen (secondary N) is 1. The lowest BCUT2D eigenvalue weighted by Crippen LogP contribution is -2.28. The summed E-state index contributed by atoms with van der Waals surface area (Å²) in [6, 6.07) is 13.2. The number of anilines is 2. The highest BCUT2D eigenvalue weighted by atomic mass is 35.5. The van der Waals surface area contributed by atoms with Crippen molar-refractivity contribution in [3.63, 3.8) is 0 Å². The lowest BCUT2D eigenvalue weighted by molar-refractivity contribution is -0.122. The standard InChI is InChI=1S/C21H23ClN2O2/c1-13(2)18-9-4-6-14(3)20(18)23-21(26)15-10-19(25)24(12-15)17-8-5-7-16(22)11-17/h4-9,11,13,15H,10,12H2,1-3H3,(H,23,26). The quantitative estimate of drug-likeness (QED) is 0.843. The summed E-state index contributed by atoms with van der Waals surface area (Å²) in [4.78, 5) is 26.8. The van der Waals surface area contributed by atoms with Gasteiger partial charge in [-0.05, 0) is 42.2 Å². The minimum absolute atomic E-state index is 0.0544. The van der Waals surface area contributed by atoms with Crippen LogP contribution < -0.4 is 10.2 Å². The summed E-state index contributed by atoms with van der Waals surface area (Å²) in [5, 5.41) is 3.64. The first-order valence-corrected chi connectivity index (χ1v) is 9.21. The van der Waals surface area contributed by atoms with Gasteiger partial charge >= 0.3 is 0 Å². The molecule has 0 bridgehead atoms. The minimum Gasteiger partial charge on any atom is -0.325 e. The predicted molar refractivity (Wildman–Crippen MR) is 106 cm³/mol. The first kappa shape index (κ1) is 18.5. The van der Waals surface area contributed by atoms with E-state index in [1.165, 1.54) is 0 Å². The maximum Gasteiger partial charge on any atom is 0.229 e. The van der Waals surface area contributed by atoms with Crippen LogP contribution in [0.1, 0.15) is 37.3 Å². The molecule has 1 aliphatic heterocycles. The van der Waals surface area contributed by atoms with Crippen molar-refractivity contribution in [1.82, 2.24) is 0 Å². The van der Waals surface area contributed by atoms with Crippen molar-refractivity contribution in [2.75, 3.05) is 16.8 Å². The fourth-order valence-corrected chi connectivity index (χ4v) is 3.53. The molecule has 4 nitrogen and oxygen atoms in total. The number of rotatable bonds is 4. The average molecular weight is 371 g/mol. The molecule has 136 valence electrons. The van der Waals surface area contributed by atoms with E-state index in [4.69, 9.17) is 11.6 Å². The van der Waals surface area contributed by atoms with Gasteiger partial charge in [-0.2, -0.15) is 0 Å². The van der Waals surface area contributed by atoms with Crippen molar-refractivity contribution >= 4 is 34.8 Å². The lowest BCUT2D eigenvalue weighted by Gasteiger charge is -2.19. The lowest BCUT2D eigenvalue weighted by atomic mass is 9.97. The van der Waals surface area contributed by atoms with Crippen molar-refractivity contribution in [3.05, 3.63) is 58.6 Å². The van der Waals surface area contributed by atoms with Gasteiger partial charge in [0.2, 0.25) is 11.8 Å². The highest BCUT2D eigenvalue weighted by Crippen LogP contribution is 2.31. The summed E-state index contributed by atoms with van der Waals surface area (Å²) in [6.45, 7) is 6.56. The van der Waals surface area contributed by atoms with E-state index in [1.54, 1.807) is 23.1 Å². The molecule has 2 amide bonds. The second kappa shape index (κ2) is 7.50. The fourth-order valence-electron chi connectivity index (χ4n) is 3.34. The van der Waals surface area contributed by atoms with Crippen molar-refractivity contribution in [3.8, 4) is 0 Å². The molecule has 1 aliphatic rings. The molecule has 2 aromatic rings. The van der Waals surface area contributed by atoms with Crippen LogP contribution in [0.4, 0.5) is 11.4 Å². The summed E-state index contributed by atoms with van der Waals surface area (Å²) in [5.41, 5.74) is 3.73. The van der Waals surface area contributed by atoms with E-state index < -0.39 is 0 Å². The highest BCUT2D eigenvalue weighted by molar-refractivity contribution is 6.31. The summed E-state index contributed by atoms with van der Waals surface area (Å²) in [5.74, 6) is -0.236. The third-order valence-corrected chi connectivity index (χ3v) is 5.03. The van der Waals surface area contributed by atoms with Gasteiger partial charge in [-0.1, -0.05) is 49.7 Å². The summed E-state index contributed by atoms with van der Waals surface area (Å²) in [7, 11) is 0. The number of hydrogen-bond acceptors (Lipinski definition) is 2. The van der Waals surface area contributed by atoms with Gasteiger partial charge in [0, 0.05) is 29.4 Å². The number of carbonyl (C=O) groups is 2. The Kier molecular flexibility index (Phi) is 5.33. The topological polar surface area (TPSA) is 49.4 Å². The summed E-state index contributed by atoms with van der Waals surface area (Å²) < 4.78 is 0. The molecule has 0 saturated carbocycles. The predicted octanol–water partition coefficient (Wildman–Crippen LogP) is 4.76. The minimum atomic E-state index is -0.374. The van der Waals surface area contributed by atoms with Crippen LogP contribution in [0.15, 0.2) is 42.5 Å². The highest BCUT2D eigenvalue weighted by Gasteiger charge is 2.35. The zero-order valence-corrected chi connectivity index (χ0v) is 16.0. The largest absolute Gasteiger partial charge is 0.325 e. The number of nitrogens with zero attached hydrogens (tertiary/aromatic N) is 1. The zero-order valence-electron chi connectivity index (χ0n) is 15.3. The number of benzene rings is 2. The molecule has 1 unspecified atom stereocenters. The Morgan fingerprint density at radius 3 is 2.65 bits per heavy atom. The molecule has 0 aromatic heterocycles. The van der Waals surface area contributed by atoms with Crippen LogP contribution in [0.25, 0.3) is 0 Å². The van der Waals surface area contributed by atoms with Gasteiger partial charge in [0.1, 0.15) is 0 Å². The number of carbonyl (C=O) groups excluding carboxylic acids is 2. The Hall–Kier alpha value is -2.33. The van der Waals surface area contributed by atoms with Gasteiger partial charge in [-0.25, -0.2) is 0 Å². The van der Waals surface area contributed by atoms with Crippen LogP contribution >= 0.6 is 11.6 Å². The molecule has 1 atom stereocenters. The van der Waals surface area contributed by atoms with E-state index in [2.05, 4.69) is 19.2 Å². The normalized spacial score (nSPS) is 17.0. The third kappa shape index (κ3) is 3.75. The summed E-state index contributed by atoms with van der Waals surface area (Å²) >= 11 is 6.02. The first-order chi connectivity index (χ1) is 12.4. The van der Waals surface area contributed by atoms with Gasteiger partial charge in [-0.3, -0.25) is 9.59 Å². The number of hydrogen-bond donors (Lipinski definition) is 1. The van der Waals surface area contributed by atoms with E-state index in [1.807, 2.05) is 31.2 Å². The average Bonchev–Trinajstić information content (AvgIpc) is 2.98. The molecule has 1 N–H and O–H groups in total. The van der Waals surface area contributed by atoms with E-state index in [0.29, 0.717) is 17.5 Å². The molecule has 0 radical (unpaired) electrons. The molecule has 3 rings (SSSR count). The molecule has 1 heterocycles. The smallest absolute Gasteiger partial charge is 0.229 e. The SMILES string of the molecule is Cc1cccc(C(C)C)c1NC(=O)C1CC(=O)N(c2cccc(Cl)c2)C1. The number of halogens is 1. The number of para-hydroxylation sites is 1. The molecule has 0 aliphatic carbocycles. The third-order valence-electron chi connectivity index (χ3n) is 4.79. The monoisotopic (exact) mass is 370 g/mol. The van der Waals surface area contributed by atoms with Crippen LogP contribution in [-0.2, 0) is 9.59 Å². The number of aryl methyl sites for hydroxylation is 1. The van der Waals surface area contributed by atoms with Gasteiger partial charge in [0.25, 0.3) is 0 Å². The van der Waals surface area contributed by atoms with Crippen molar-refractivity contribution in [2.24, 2.45) is 5.92 Å². The zero-order chi connectivity index (χ0) is 18.8. The molecule has 1 saturated heterocycles. The van der Waals surface area contributed by atoms with Crippen LogP contribution in [0, 0.1) is 12.8 Å². The molecule has 26 heavy (non-hydrogen) atoms. The van der Waals surface area contributed by atoms with Gasteiger partial charge in [0.15, 0.2) is 0 Å². The van der Waals surface area contributed by atoms with E-state index in [-0.39, 0.29) is 24.2 Å². The summed E-state index contributed by atoms with van der Waals surface area (Å²) in [6.07, 6.45) is 0.210. The molecular weight excluding hydrogens is 348 g/mol. The second-order valence-electron chi connectivity index (χ2n) is 7.07. The Balaban J connectivity index is 1.77. The van der Waals surface area contributed by atoms with Crippen LogP contribution in [0.3, 0.4) is 0 Å². The van der Waals surface area contributed by atoms with Gasteiger partial charge in [0.05, 0.1) is 5.92 Å². The molecule has 2 aromatic carbocycles. The Morgan fingerprint density at radius 2 is 1.96 bits per heavy atom. The molecule has 0 spiro atoms. The maximum absolute atomic E-state index is 12.8. The van der Waals surface area contributed by atoms with Crippen LogP contribution in [0.5, 0.6) is 0 Å². The van der Waals surface area contributed by atoms with E-state index >= 15 is 0 Å². The molecular formula is C21H23ClN2O2. The van der Waals surface area contributed by atoms with Crippen LogP contribution in [-0.4, -0.2) is 18.4 Å². The Bertz CT molecular complexity index is 848. The number of amides is 2.